The summed E-state index contributed by atoms with van der Waals surface area (Å²) in [5.74, 6) is 1.68. The van der Waals surface area contributed by atoms with Crippen LogP contribution in [0.3, 0.4) is 0 Å². The highest BCUT2D eigenvalue weighted by Gasteiger charge is 2.23. The first-order chi connectivity index (χ1) is 11.6. The van der Waals surface area contributed by atoms with E-state index in [0.717, 1.165) is 46.7 Å². The van der Waals surface area contributed by atoms with Crippen LogP contribution in [0.4, 0.5) is 17.5 Å². The van der Waals surface area contributed by atoms with Crippen molar-refractivity contribution >= 4 is 29.1 Å². The topological polar surface area (TPSA) is 41.1 Å². The standard InChI is InChI=1S/C19H25ClN4/c1-4-16-7-5-6-10-24(16)19-21-14(3)12-18(23-19)22-17-9-8-15(20)11-13(17)2/h8-9,11-12,16H,4-7,10H2,1-3H3,(H,21,22,23). The highest BCUT2D eigenvalue weighted by atomic mass is 35.5. The quantitative estimate of drug-likeness (QED) is 0.821. The SMILES string of the molecule is CCC1CCCCN1c1nc(C)cc(Nc2ccc(Cl)cc2C)n1. The van der Waals surface area contributed by atoms with E-state index in [1.54, 1.807) is 0 Å². The minimum absolute atomic E-state index is 0.547. The van der Waals surface area contributed by atoms with Crippen LogP contribution in [0, 0.1) is 13.8 Å². The van der Waals surface area contributed by atoms with Crippen molar-refractivity contribution in [1.82, 2.24) is 9.97 Å². The van der Waals surface area contributed by atoms with Crippen molar-refractivity contribution in [2.75, 3.05) is 16.8 Å². The summed E-state index contributed by atoms with van der Waals surface area (Å²) in [6.45, 7) is 7.35. The lowest BCUT2D eigenvalue weighted by Gasteiger charge is -2.35. The van der Waals surface area contributed by atoms with Crippen LogP contribution >= 0.6 is 11.6 Å². The van der Waals surface area contributed by atoms with Crippen molar-refractivity contribution in [2.24, 2.45) is 0 Å². The molecule has 1 N–H and O–H groups in total. The van der Waals surface area contributed by atoms with Crippen LogP contribution in [0.1, 0.15) is 43.9 Å². The molecule has 0 saturated carbocycles. The summed E-state index contributed by atoms with van der Waals surface area (Å²) in [7, 11) is 0. The van der Waals surface area contributed by atoms with Gasteiger partial charge in [0.05, 0.1) is 0 Å². The van der Waals surface area contributed by atoms with Crippen molar-refractivity contribution in [1.29, 1.82) is 0 Å². The molecule has 0 spiro atoms. The van der Waals surface area contributed by atoms with Gasteiger partial charge < -0.3 is 10.2 Å². The Morgan fingerprint density at radius 3 is 2.79 bits per heavy atom. The Bertz CT molecular complexity index is 717. The number of halogens is 1. The highest BCUT2D eigenvalue weighted by molar-refractivity contribution is 6.30. The Hall–Kier alpha value is -1.81. The predicted octanol–water partition coefficient (Wildman–Crippen LogP) is 5.26. The molecule has 0 amide bonds. The summed E-state index contributed by atoms with van der Waals surface area (Å²) in [6.07, 6.45) is 4.88. The summed E-state index contributed by atoms with van der Waals surface area (Å²) in [4.78, 5) is 11.8. The third kappa shape index (κ3) is 3.81. The summed E-state index contributed by atoms with van der Waals surface area (Å²) in [5.41, 5.74) is 3.11. The molecule has 0 aliphatic carbocycles. The van der Waals surface area contributed by atoms with Gasteiger partial charge in [-0.15, -0.1) is 0 Å². The lowest BCUT2D eigenvalue weighted by molar-refractivity contribution is 0.443. The maximum atomic E-state index is 6.04. The molecule has 1 aliphatic rings. The maximum absolute atomic E-state index is 6.04. The van der Waals surface area contributed by atoms with Gasteiger partial charge in [0.2, 0.25) is 5.95 Å². The Labute approximate surface area is 149 Å². The van der Waals surface area contributed by atoms with Crippen molar-refractivity contribution < 1.29 is 0 Å². The van der Waals surface area contributed by atoms with Gasteiger partial charge in [0, 0.05) is 35.1 Å². The van der Waals surface area contributed by atoms with Gasteiger partial charge in [0.15, 0.2) is 0 Å². The van der Waals surface area contributed by atoms with Gasteiger partial charge in [-0.1, -0.05) is 18.5 Å². The molecule has 1 aromatic carbocycles. The molecule has 1 atom stereocenters. The summed E-state index contributed by atoms with van der Waals surface area (Å²) < 4.78 is 0. The number of hydrogen-bond acceptors (Lipinski definition) is 4. The van der Waals surface area contributed by atoms with Crippen LogP contribution in [-0.4, -0.2) is 22.6 Å². The van der Waals surface area contributed by atoms with Gasteiger partial charge in [-0.05, 0) is 63.3 Å². The van der Waals surface area contributed by atoms with Crippen molar-refractivity contribution in [3.05, 3.63) is 40.5 Å². The maximum Gasteiger partial charge on any atom is 0.227 e. The number of aromatic nitrogens is 2. The average molecular weight is 345 g/mol. The van der Waals surface area contributed by atoms with Gasteiger partial charge in [0.1, 0.15) is 5.82 Å². The zero-order valence-electron chi connectivity index (χ0n) is 14.6. The molecular formula is C19H25ClN4. The van der Waals surface area contributed by atoms with Crippen LogP contribution < -0.4 is 10.2 Å². The third-order valence-electron chi connectivity index (χ3n) is 4.65. The first-order valence-electron chi connectivity index (χ1n) is 8.72. The van der Waals surface area contributed by atoms with E-state index in [0.29, 0.717) is 6.04 Å². The second kappa shape index (κ2) is 7.39. The molecule has 2 aromatic rings. The molecule has 0 radical (unpaired) electrons. The Morgan fingerprint density at radius 2 is 2.04 bits per heavy atom. The highest BCUT2D eigenvalue weighted by Crippen LogP contribution is 2.27. The van der Waals surface area contributed by atoms with E-state index in [-0.39, 0.29) is 0 Å². The van der Waals surface area contributed by atoms with E-state index in [1.807, 2.05) is 38.1 Å². The second-order valence-electron chi connectivity index (χ2n) is 6.53. The molecule has 2 heterocycles. The smallest absolute Gasteiger partial charge is 0.227 e. The molecule has 1 fully saturated rings. The van der Waals surface area contributed by atoms with Crippen LogP contribution in [-0.2, 0) is 0 Å². The molecule has 24 heavy (non-hydrogen) atoms. The zero-order valence-corrected chi connectivity index (χ0v) is 15.4. The number of nitrogens with one attached hydrogen (secondary N) is 1. The summed E-state index contributed by atoms with van der Waals surface area (Å²) >= 11 is 6.04. The number of piperidine rings is 1. The van der Waals surface area contributed by atoms with Gasteiger partial charge in [-0.2, -0.15) is 4.98 Å². The zero-order chi connectivity index (χ0) is 17.1. The van der Waals surface area contributed by atoms with Crippen LogP contribution in [0.25, 0.3) is 0 Å². The van der Waals surface area contributed by atoms with Crippen molar-refractivity contribution in [2.45, 2.75) is 52.5 Å². The van der Waals surface area contributed by atoms with E-state index < -0.39 is 0 Å². The molecule has 3 rings (SSSR count). The van der Waals surface area contributed by atoms with Gasteiger partial charge in [0.25, 0.3) is 0 Å². The van der Waals surface area contributed by atoms with E-state index in [4.69, 9.17) is 16.6 Å². The fourth-order valence-electron chi connectivity index (χ4n) is 3.34. The number of nitrogens with zero attached hydrogens (tertiary/aromatic N) is 3. The molecule has 4 nitrogen and oxygen atoms in total. The molecular weight excluding hydrogens is 320 g/mol. The molecule has 1 aromatic heterocycles. The molecule has 1 saturated heterocycles. The second-order valence-corrected chi connectivity index (χ2v) is 6.97. The largest absolute Gasteiger partial charge is 0.340 e. The Kier molecular flexibility index (Phi) is 5.24. The minimum atomic E-state index is 0.547. The molecule has 1 unspecified atom stereocenters. The summed E-state index contributed by atoms with van der Waals surface area (Å²) in [6, 6.07) is 8.37. The lowest BCUT2D eigenvalue weighted by Crippen LogP contribution is -2.40. The first-order valence-corrected chi connectivity index (χ1v) is 9.10. The minimum Gasteiger partial charge on any atom is -0.340 e. The Balaban J connectivity index is 1.88. The van der Waals surface area contributed by atoms with Gasteiger partial charge in [-0.3, -0.25) is 0 Å². The number of anilines is 3. The van der Waals surface area contributed by atoms with Gasteiger partial charge in [-0.25, -0.2) is 4.98 Å². The fourth-order valence-corrected chi connectivity index (χ4v) is 3.57. The van der Waals surface area contributed by atoms with E-state index in [9.17, 15) is 0 Å². The van der Waals surface area contributed by atoms with Gasteiger partial charge >= 0.3 is 0 Å². The van der Waals surface area contributed by atoms with E-state index >= 15 is 0 Å². The molecule has 128 valence electrons. The van der Waals surface area contributed by atoms with Crippen molar-refractivity contribution in [3.63, 3.8) is 0 Å². The third-order valence-corrected chi connectivity index (χ3v) is 4.88. The normalized spacial score (nSPS) is 17.8. The predicted molar refractivity (Wildman–Crippen MR) is 102 cm³/mol. The molecule has 0 bridgehead atoms. The first kappa shape index (κ1) is 17.0. The fraction of sp³-hybridized carbons (Fsp3) is 0.474. The molecule has 1 aliphatic heterocycles. The van der Waals surface area contributed by atoms with Crippen molar-refractivity contribution in [3.8, 4) is 0 Å². The van der Waals surface area contributed by atoms with Crippen LogP contribution in [0.2, 0.25) is 5.02 Å². The number of benzene rings is 1. The lowest BCUT2D eigenvalue weighted by atomic mass is 10.0. The number of hydrogen-bond donors (Lipinski definition) is 1. The molecule has 5 heteroatoms. The average Bonchev–Trinajstić information content (AvgIpc) is 2.57. The Morgan fingerprint density at radius 1 is 1.21 bits per heavy atom. The van der Waals surface area contributed by atoms with E-state index in [2.05, 4.69) is 22.1 Å². The number of aryl methyl sites for hydroxylation is 2. The van der Waals surface area contributed by atoms with E-state index in [1.165, 1.54) is 19.3 Å². The number of rotatable bonds is 4. The monoisotopic (exact) mass is 344 g/mol. The van der Waals surface area contributed by atoms with Crippen LogP contribution in [0.5, 0.6) is 0 Å². The summed E-state index contributed by atoms with van der Waals surface area (Å²) in [5, 5.41) is 4.16. The van der Waals surface area contributed by atoms with Crippen LogP contribution in [0.15, 0.2) is 24.3 Å².